The first-order valence-corrected chi connectivity index (χ1v) is 10.3. The van der Waals surface area contributed by atoms with Crippen LogP contribution in [0.15, 0.2) is 18.3 Å². The van der Waals surface area contributed by atoms with Crippen LogP contribution < -0.4 is 22.1 Å². The minimum absolute atomic E-state index is 0.0270. The number of aryl methyl sites for hydroxylation is 1. The predicted octanol–water partition coefficient (Wildman–Crippen LogP) is 0.982. The van der Waals surface area contributed by atoms with E-state index in [1.807, 2.05) is 19.1 Å². The van der Waals surface area contributed by atoms with Gasteiger partial charge in [-0.25, -0.2) is 0 Å². The largest absolute Gasteiger partial charge is 0.483 e. The Labute approximate surface area is 194 Å². The highest BCUT2D eigenvalue weighted by molar-refractivity contribution is 5.96. The first kappa shape index (κ1) is 25.9. The Bertz CT molecular complexity index is 1120. The number of amides is 1. The van der Waals surface area contributed by atoms with Gasteiger partial charge in [-0.2, -0.15) is 10.1 Å². The zero-order valence-electron chi connectivity index (χ0n) is 18.4. The van der Waals surface area contributed by atoms with Gasteiger partial charge < -0.3 is 32.3 Å². The third kappa shape index (κ3) is 6.83. The van der Waals surface area contributed by atoms with Crippen molar-refractivity contribution in [2.45, 2.75) is 44.7 Å². The molecule has 14 heteroatoms. The lowest BCUT2D eigenvalue weighted by atomic mass is 9.91. The van der Waals surface area contributed by atoms with Crippen LogP contribution in [0.4, 0.5) is 17.5 Å². The van der Waals surface area contributed by atoms with E-state index in [0.717, 1.165) is 47.8 Å². The van der Waals surface area contributed by atoms with Crippen LogP contribution in [0, 0.1) is 6.92 Å². The summed E-state index contributed by atoms with van der Waals surface area (Å²) in [5.41, 5.74) is 14.2. The second-order valence-electron chi connectivity index (χ2n) is 7.36. The Kier molecular flexibility index (Phi) is 9.64. The molecule has 9 N–H and O–H groups in total. The lowest BCUT2D eigenvalue weighted by Gasteiger charge is -2.29. The molecule has 3 aromatic rings. The van der Waals surface area contributed by atoms with E-state index in [1.54, 1.807) is 6.20 Å². The zero-order chi connectivity index (χ0) is 25.1. The molecule has 0 saturated heterocycles. The average Bonchev–Trinajstić information content (AvgIpc) is 3.26. The number of carbonyl (C=O) groups excluding carboxylic acids is 1. The fraction of sp³-hybridized carbons (Fsp3) is 0.350. The topological polar surface area (TPSA) is 235 Å². The fourth-order valence-electron chi connectivity index (χ4n) is 3.58. The fourth-order valence-corrected chi connectivity index (χ4v) is 3.58. The number of carboxylic acid groups (broad SMARTS) is 2. The summed E-state index contributed by atoms with van der Waals surface area (Å²) in [5.74, 6) is -0.149. The maximum Gasteiger partial charge on any atom is 0.290 e. The number of primary amides is 1. The molecule has 1 fully saturated rings. The Morgan fingerprint density at radius 3 is 2.50 bits per heavy atom. The molecule has 1 aliphatic rings. The van der Waals surface area contributed by atoms with Crippen LogP contribution in [-0.4, -0.2) is 66.5 Å². The molecule has 2 aromatic heterocycles. The van der Waals surface area contributed by atoms with Crippen molar-refractivity contribution in [2.75, 3.05) is 10.6 Å². The summed E-state index contributed by atoms with van der Waals surface area (Å²) in [6.07, 6.45) is 5.90. The molecule has 1 aromatic carbocycles. The second-order valence-corrected chi connectivity index (χ2v) is 7.36. The van der Waals surface area contributed by atoms with E-state index in [2.05, 4.69) is 36.0 Å². The van der Waals surface area contributed by atoms with Crippen molar-refractivity contribution in [2.24, 2.45) is 11.5 Å². The van der Waals surface area contributed by atoms with E-state index in [-0.39, 0.29) is 36.5 Å². The van der Waals surface area contributed by atoms with Gasteiger partial charge in [0.2, 0.25) is 5.95 Å². The van der Waals surface area contributed by atoms with E-state index in [1.165, 1.54) is 0 Å². The van der Waals surface area contributed by atoms with Crippen molar-refractivity contribution >= 4 is 47.2 Å². The number of benzene rings is 1. The molecule has 14 nitrogen and oxygen atoms in total. The molecule has 0 bridgehead atoms. The van der Waals surface area contributed by atoms with E-state index < -0.39 is 5.91 Å². The molecule has 0 radical (unpaired) electrons. The van der Waals surface area contributed by atoms with E-state index >= 15 is 0 Å². The number of nitrogens with zero attached hydrogens (tertiary/aromatic N) is 4. The quantitative estimate of drug-likeness (QED) is 0.257. The number of hydrogen-bond donors (Lipinski definition) is 7. The summed E-state index contributed by atoms with van der Waals surface area (Å²) in [4.78, 5) is 32.9. The average molecular weight is 473 g/mol. The van der Waals surface area contributed by atoms with Crippen molar-refractivity contribution in [1.82, 2.24) is 25.4 Å². The van der Waals surface area contributed by atoms with E-state index in [9.17, 15) is 4.79 Å². The van der Waals surface area contributed by atoms with Crippen LogP contribution in [0.3, 0.4) is 0 Å². The number of rotatable bonds is 5. The Balaban J connectivity index is 0.000000618. The number of nitrogens with one attached hydrogen (secondary N) is 3. The molecule has 2 heterocycles. The minimum atomic E-state index is -0.706. The summed E-state index contributed by atoms with van der Waals surface area (Å²) in [6, 6.07) is 3.93. The van der Waals surface area contributed by atoms with Crippen LogP contribution in [0.5, 0.6) is 0 Å². The molecule has 0 spiro atoms. The first-order valence-electron chi connectivity index (χ1n) is 10.3. The van der Waals surface area contributed by atoms with Gasteiger partial charge in [-0.3, -0.25) is 19.5 Å². The van der Waals surface area contributed by atoms with Crippen LogP contribution in [0.25, 0.3) is 10.9 Å². The number of carbonyl (C=O) groups is 3. The molecule has 182 valence electrons. The van der Waals surface area contributed by atoms with Crippen LogP contribution in [-0.2, 0) is 9.59 Å². The highest BCUT2D eigenvalue weighted by atomic mass is 16.3. The van der Waals surface area contributed by atoms with Crippen molar-refractivity contribution in [3.8, 4) is 0 Å². The lowest BCUT2D eigenvalue weighted by molar-refractivity contribution is -0.123. The molecule has 0 aliphatic heterocycles. The van der Waals surface area contributed by atoms with Crippen molar-refractivity contribution < 1.29 is 24.6 Å². The van der Waals surface area contributed by atoms with Gasteiger partial charge in [-0.05, 0) is 37.5 Å². The predicted molar refractivity (Wildman–Crippen MR) is 124 cm³/mol. The third-order valence-electron chi connectivity index (χ3n) is 5.08. The van der Waals surface area contributed by atoms with Crippen LogP contribution in [0.1, 0.15) is 41.7 Å². The lowest BCUT2D eigenvalue weighted by Crippen LogP contribution is -2.43. The van der Waals surface area contributed by atoms with Gasteiger partial charge in [0.15, 0.2) is 11.5 Å². The number of nitrogens with two attached hydrogens (primary N) is 2. The Hall–Kier alpha value is -4.33. The van der Waals surface area contributed by atoms with E-state index in [4.69, 9.17) is 31.3 Å². The Morgan fingerprint density at radius 1 is 1.18 bits per heavy atom. The number of H-pyrrole nitrogens is 1. The summed E-state index contributed by atoms with van der Waals surface area (Å²) in [7, 11) is 0. The summed E-state index contributed by atoms with van der Waals surface area (Å²) in [6.45, 7) is 1.48. The number of anilines is 3. The van der Waals surface area contributed by atoms with Crippen molar-refractivity contribution in [1.29, 1.82) is 0 Å². The summed E-state index contributed by atoms with van der Waals surface area (Å²) < 4.78 is 0. The van der Waals surface area contributed by atoms with Gasteiger partial charge in [0.05, 0.1) is 11.7 Å². The molecule has 1 amide bonds. The molecule has 0 unspecified atom stereocenters. The standard InChI is InChI=1S/C18H23N9O.2CH2O2/c1-9-6-10(7-14-11(9)8-21-25-14)22-17-15(16(20)28)26-27-18(24-17)23-13-5-3-2-4-12(13)19;2*2-1-3/h6-8,12-13H,2-5,19H2,1H3,(H2,20,28)(H,21,25)(H2,22,23,24,27);2*1H,(H,2,3)/t12-,13+;;/m0../s1. The van der Waals surface area contributed by atoms with Gasteiger partial charge in [0, 0.05) is 23.2 Å². The SMILES string of the molecule is Cc1cc(Nc2nc(N[C@@H]3CCCC[C@@H]3N)nnc2C(N)=O)cc2[nH]ncc12.O=CO.O=CO. The van der Waals surface area contributed by atoms with Crippen LogP contribution in [0.2, 0.25) is 0 Å². The van der Waals surface area contributed by atoms with Gasteiger partial charge >= 0.3 is 0 Å². The molecular weight excluding hydrogens is 446 g/mol. The van der Waals surface area contributed by atoms with Crippen molar-refractivity contribution in [3.63, 3.8) is 0 Å². The molecule has 2 atom stereocenters. The maximum absolute atomic E-state index is 11.8. The normalized spacial score (nSPS) is 16.8. The molecule has 1 aliphatic carbocycles. The highest BCUT2D eigenvalue weighted by Crippen LogP contribution is 2.25. The smallest absolute Gasteiger partial charge is 0.290 e. The van der Waals surface area contributed by atoms with Crippen molar-refractivity contribution in [3.05, 3.63) is 29.6 Å². The maximum atomic E-state index is 11.8. The number of aromatic amines is 1. The molecule has 1 saturated carbocycles. The summed E-state index contributed by atoms with van der Waals surface area (Å²) >= 11 is 0. The van der Waals surface area contributed by atoms with E-state index in [0.29, 0.717) is 5.95 Å². The zero-order valence-corrected chi connectivity index (χ0v) is 18.4. The second kappa shape index (κ2) is 12.6. The number of aromatic nitrogens is 5. The minimum Gasteiger partial charge on any atom is -0.483 e. The van der Waals surface area contributed by atoms with Gasteiger partial charge in [0.25, 0.3) is 18.9 Å². The molecule has 34 heavy (non-hydrogen) atoms. The summed E-state index contributed by atoms with van der Waals surface area (Å²) in [5, 5.41) is 36.1. The van der Waals surface area contributed by atoms with Gasteiger partial charge in [-0.1, -0.05) is 12.8 Å². The monoisotopic (exact) mass is 473 g/mol. The third-order valence-corrected chi connectivity index (χ3v) is 5.08. The first-order chi connectivity index (χ1) is 16.3. The molecule has 4 rings (SSSR count). The highest BCUT2D eigenvalue weighted by Gasteiger charge is 2.23. The van der Waals surface area contributed by atoms with Gasteiger partial charge in [-0.15, -0.1) is 10.2 Å². The molecular formula is C20H27N9O5. The number of hydrogen-bond acceptors (Lipinski definition) is 10. The Morgan fingerprint density at radius 2 is 1.85 bits per heavy atom. The number of fused-ring (bicyclic) bond motifs is 1. The van der Waals surface area contributed by atoms with Gasteiger partial charge in [0.1, 0.15) is 0 Å². The van der Waals surface area contributed by atoms with Crippen LogP contribution >= 0.6 is 0 Å².